The molecule has 5 heteroatoms. The minimum Gasteiger partial charge on any atom is -0.493 e. The highest BCUT2D eigenvalue weighted by Crippen LogP contribution is 2.28. The number of ether oxygens (including phenoxy) is 1. The maximum Gasteiger partial charge on any atom is 0.272 e. The monoisotopic (exact) mass is 284 g/mol. The van der Waals surface area contributed by atoms with E-state index in [0.29, 0.717) is 12.1 Å². The first kappa shape index (κ1) is 13.4. The van der Waals surface area contributed by atoms with Crippen molar-refractivity contribution in [1.82, 2.24) is 0 Å². The van der Waals surface area contributed by atoms with Crippen molar-refractivity contribution < 1.29 is 9.66 Å². The summed E-state index contributed by atoms with van der Waals surface area (Å²) in [7, 11) is 0. The molecule has 108 valence electrons. The van der Waals surface area contributed by atoms with Crippen molar-refractivity contribution in [2.24, 2.45) is 0 Å². The Kier molecular flexibility index (Phi) is 3.48. The van der Waals surface area contributed by atoms with Crippen LogP contribution in [-0.4, -0.2) is 11.5 Å². The fourth-order valence-electron chi connectivity index (χ4n) is 2.46. The van der Waals surface area contributed by atoms with Gasteiger partial charge in [0.1, 0.15) is 5.75 Å². The fourth-order valence-corrected chi connectivity index (χ4v) is 2.46. The Morgan fingerprint density at radius 1 is 1.29 bits per heavy atom. The van der Waals surface area contributed by atoms with Gasteiger partial charge in [-0.3, -0.25) is 10.1 Å². The van der Waals surface area contributed by atoms with Gasteiger partial charge in [0.25, 0.3) is 5.69 Å². The van der Waals surface area contributed by atoms with Gasteiger partial charge in [-0.25, -0.2) is 0 Å². The molecule has 0 radical (unpaired) electrons. The standard InChI is InChI=1S/C16H16N2O3/c1-11-2-3-12(8-15(11)18(19)20)10-17-14-4-5-16-13(9-14)6-7-21-16/h2-5,8-9,17H,6-7,10H2,1H3. The number of nitro groups is 1. The lowest BCUT2D eigenvalue weighted by molar-refractivity contribution is -0.385. The van der Waals surface area contributed by atoms with Crippen LogP contribution in [0.1, 0.15) is 16.7 Å². The van der Waals surface area contributed by atoms with Crippen molar-refractivity contribution in [2.45, 2.75) is 19.9 Å². The second-order valence-corrected chi connectivity index (χ2v) is 5.15. The van der Waals surface area contributed by atoms with Gasteiger partial charge in [0.2, 0.25) is 0 Å². The van der Waals surface area contributed by atoms with Crippen LogP contribution in [0.2, 0.25) is 0 Å². The summed E-state index contributed by atoms with van der Waals surface area (Å²) in [5, 5.41) is 14.2. The molecular weight excluding hydrogens is 268 g/mol. The predicted octanol–water partition coefficient (Wildman–Crippen LogP) is 3.45. The van der Waals surface area contributed by atoms with Gasteiger partial charge in [-0.1, -0.05) is 12.1 Å². The maximum absolute atomic E-state index is 10.9. The molecule has 0 aromatic heterocycles. The first-order valence-electron chi connectivity index (χ1n) is 6.87. The maximum atomic E-state index is 10.9. The first-order chi connectivity index (χ1) is 10.1. The van der Waals surface area contributed by atoms with E-state index in [1.54, 1.807) is 19.1 Å². The summed E-state index contributed by atoms with van der Waals surface area (Å²) < 4.78 is 5.47. The number of rotatable bonds is 4. The van der Waals surface area contributed by atoms with Crippen molar-refractivity contribution in [3.05, 3.63) is 63.2 Å². The minimum atomic E-state index is -0.342. The Hall–Kier alpha value is -2.56. The van der Waals surface area contributed by atoms with Gasteiger partial charge in [0, 0.05) is 30.3 Å². The molecule has 0 aliphatic carbocycles. The molecule has 0 saturated heterocycles. The zero-order chi connectivity index (χ0) is 14.8. The molecular formula is C16H16N2O3. The first-order valence-corrected chi connectivity index (χ1v) is 6.87. The van der Waals surface area contributed by atoms with Crippen molar-refractivity contribution in [2.75, 3.05) is 11.9 Å². The number of hydrogen-bond acceptors (Lipinski definition) is 4. The fraction of sp³-hybridized carbons (Fsp3) is 0.250. The lowest BCUT2D eigenvalue weighted by Crippen LogP contribution is -2.01. The van der Waals surface area contributed by atoms with Crippen LogP contribution in [0.25, 0.3) is 0 Å². The molecule has 1 aliphatic rings. The Bertz CT molecular complexity index is 698. The van der Waals surface area contributed by atoms with Crippen LogP contribution >= 0.6 is 0 Å². The van der Waals surface area contributed by atoms with E-state index in [1.807, 2.05) is 18.2 Å². The van der Waals surface area contributed by atoms with E-state index in [2.05, 4.69) is 11.4 Å². The van der Waals surface area contributed by atoms with E-state index >= 15 is 0 Å². The number of nitro benzene ring substituents is 1. The van der Waals surface area contributed by atoms with Gasteiger partial charge in [0.05, 0.1) is 11.5 Å². The van der Waals surface area contributed by atoms with Gasteiger partial charge in [-0.15, -0.1) is 0 Å². The van der Waals surface area contributed by atoms with Crippen molar-refractivity contribution in [3.63, 3.8) is 0 Å². The van der Waals surface area contributed by atoms with Crippen molar-refractivity contribution >= 4 is 11.4 Å². The molecule has 0 unspecified atom stereocenters. The average molecular weight is 284 g/mol. The van der Waals surface area contributed by atoms with Crippen LogP contribution in [0.3, 0.4) is 0 Å². The largest absolute Gasteiger partial charge is 0.493 e. The van der Waals surface area contributed by atoms with E-state index in [1.165, 1.54) is 5.56 Å². The van der Waals surface area contributed by atoms with Crippen LogP contribution in [0.4, 0.5) is 11.4 Å². The van der Waals surface area contributed by atoms with E-state index in [0.717, 1.165) is 30.0 Å². The van der Waals surface area contributed by atoms with Crippen LogP contribution in [0, 0.1) is 17.0 Å². The number of nitrogens with one attached hydrogen (secondary N) is 1. The van der Waals surface area contributed by atoms with Crippen LogP contribution in [-0.2, 0) is 13.0 Å². The summed E-state index contributed by atoms with van der Waals surface area (Å²) in [4.78, 5) is 10.6. The zero-order valence-electron chi connectivity index (χ0n) is 11.8. The summed E-state index contributed by atoms with van der Waals surface area (Å²) in [6.45, 7) is 3.04. The molecule has 1 N–H and O–H groups in total. The van der Waals surface area contributed by atoms with Crippen LogP contribution < -0.4 is 10.1 Å². The smallest absolute Gasteiger partial charge is 0.272 e. The average Bonchev–Trinajstić information content (AvgIpc) is 2.93. The molecule has 2 aromatic rings. The second-order valence-electron chi connectivity index (χ2n) is 5.15. The molecule has 0 saturated carbocycles. The summed E-state index contributed by atoms with van der Waals surface area (Å²) in [6.07, 6.45) is 0.931. The summed E-state index contributed by atoms with van der Waals surface area (Å²) in [5.41, 5.74) is 3.94. The molecule has 0 atom stereocenters. The molecule has 0 fully saturated rings. The van der Waals surface area contributed by atoms with E-state index < -0.39 is 0 Å². The lowest BCUT2D eigenvalue weighted by atomic mass is 10.1. The number of fused-ring (bicyclic) bond motifs is 1. The number of hydrogen-bond donors (Lipinski definition) is 1. The molecule has 21 heavy (non-hydrogen) atoms. The highest BCUT2D eigenvalue weighted by Gasteiger charge is 2.13. The molecule has 0 amide bonds. The number of anilines is 1. The molecule has 2 aromatic carbocycles. The molecule has 1 heterocycles. The SMILES string of the molecule is Cc1ccc(CNc2ccc3c(c2)CCO3)cc1[N+](=O)[O-]. The second kappa shape index (κ2) is 5.44. The third-order valence-electron chi connectivity index (χ3n) is 3.66. The Labute approximate surface area is 122 Å². The topological polar surface area (TPSA) is 64.4 Å². The minimum absolute atomic E-state index is 0.164. The van der Waals surface area contributed by atoms with Gasteiger partial charge >= 0.3 is 0 Å². The summed E-state index contributed by atoms with van der Waals surface area (Å²) in [5.74, 6) is 0.950. The summed E-state index contributed by atoms with van der Waals surface area (Å²) in [6, 6.07) is 11.3. The zero-order valence-corrected chi connectivity index (χ0v) is 11.8. The van der Waals surface area contributed by atoms with E-state index in [-0.39, 0.29) is 10.6 Å². The van der Waals surface area contributed by atoms with E-state index in [4.69, 9.17) is 4.74 Å². The predicted molar refractivity (Wildman–Crippen MR) is 80.8 cm³/mol. The van der Waals surface area contributed by atoms with E-state index in [9.17, 15) is 10.1 Å². The highest BCUT2D eigenvalue weighted by atomic mass is 16.6. The normalized spacial score (nSPS) is 12.6. The summed E-state index contributed by atoms with van der Waals surface area (Å²) >= 11 is 0. The molecule has 0 bridgehead atoms. The third kappa shape index (κ3) is 2.81. The lowest BCUT2D eigenvalue weighted by Gasteiger charge is -2.08. The number of aryl methyl sites for hydroxylation is 1. The molecule has 1 aliphatic heterocycles. The van der Waals surface area contributed by atoms with Gasteiger partial charge < -0.3 is 10.1 Å². The van der Waals surface area contributed by atoms with Gasteiger partial charge in [-0.05, 0) is 36.2 Å². The quantitative estimate of drug-likeness (QED) is 0.690. The molecule has 0 spiro atoms. The Morgan fingerprint density at radius 2 is 2.14 bits per heavy atom. The number of nitrogens with zero attached hydrogens (tertiary/aromatic N) is 1. The Balaban J connectivity index is 1.73. The Morgan fingerprint density at radius 3 is 2.95 bits per heavy atom. The van der Waals surface area contributed by atoms with Crippen molar-refractivity contribution in [1.29, 1.82) is 0 Å². The van der Waals surface area contributed by atoms with Crippen LogP contribution in [0.15, 0.2) is 36.4 Å². The third-order valence-corrected chi connectivity index (χ3v) is 3.66. The van der Waals surface area contributed by atoms with Crippen LogP contribution in [0.5, 0.6) is 5.75 Å². The van der Waals surface area contributed by atoms with Gasteiger partial charge in [-0.2, -0.15) is 0 Å². The molecule has 3 rings (SSSR count). The highest BCUT2D eigenvalue weighted by molar-refractivity contribution is 5.53. The molecule has 5 nitrogen and oxygen atoms in total. The number of benzene rings is 2. The van der Waals surface area contributed by atoms with Gasteiger partial charge in [0.15, 0.2) is 0 Å². The van der Waals surface area contributed by atoms with Crippen molar-refractivity contribution in [3.8, 4) is 5.75 Å².